The van der Waals surface area contributed by atoms with Gasteiger partial charge < -0.3 is 20.8 Å². The molecule has 0 fully saturated rings. The number of aromatic amines is 1. The Labute approximate surface area is 169 Å². The summed E-state index contributed by atoms with van der Waals surface area (Å²) in [5, 5.41) is 3.67. The Bertz CT molecular complexity index is 927. The molecule has 2 aromatic carbocycles. The first-order valence-electron chi connectivity index (χ1n) is 8.86. The van der Waals surface area contributed by atoms with Gasteiger partial charge in [-0.3, -0.25) is 4.79 Å². The van der Waals surface area contributed by atoms with Crippen LogP contribution in [0.5, 0.6) is 0 Å². The van der Waals surface area contributed by atoms with Crippen LogP contribution in [0.15, 0.2) is 60.8 Å². The summed E-state index contributed by atoms with van der Waals surface area (Å²) in [5.41, 5.74) is 8.89. The highest BCUT2D eigenvalue weighted by atomic mass is 35.5. The molecule has 0 radical (unpaired) electrons. The molecular formula is C21H24ClN3O3. The third-order valence-corrected chi connectivity index (χ3v) is 4.39. The Balaban J connectivity index is 0.00000280. The molecule has 1 amide bonds. The first-order valence-corrected chi connectivity index (χ1v) is 8.86. The van der Waals surface area contributed by atoms with Gasteiger partial charge in [-0.25, -0.2) is 4.79 Å². The molecule has 28 heavy (non-hydrogen) atoms. The number of nitrogens with one attached hydrogen (secondary N) is 2. The van der Waals surface area contributed by atoms with E-state index in [0.29, 0.717) is 6.42 Å². The van der Waals surface area contributed by atoms with Gasteiger partial charge in [-0.15, -0.1) is 12.4 Å². The summed E-state index contributed by atoms with van der Waals surface area (Å²) in [4.78, 5) is 27.6. The summed E-state index contributed by atoms with van der Waals surface area (Å²) in [5.74, 6) is -0.879. The predicted octanol–water partition coefficient (Wildman–Crippen LogP) is 2.71. The molecule has 0 bridgehead atoms. The van der Waals surface area contributed by atoms with E-state index in [1.165, 1.54) is 0 Å². The molecule has 0 unspecified atom stereocenters. The van der Waals surface area contributed by atoms with Gasteiger partial charge in [0.15, 0.2) is 0 Å². The number of hydrogen-bond donors (Lipinski definition) is 3. The number of halogens is 1. The van der Waals surface area contributed by atoms with Gasteiger partial charge in [0.05, 0.1) is 6.04 Å². The van der Waals surface area contributed by atoms with Crippen molar-refractivity contribution < 1.29 is 14.3 Å². The number of carbonyl (C=O) groups excluding carboxylic acids is 2. The molecule has 4 N–H and O–H groups in total. The van der Waals surface area contributed by atoms with Gasteiger partial charge >= 0.3 is 5.97 Å². The Kier molecular flexibility index (Phi) is 7.61. The molecule has 6 nitrogen and oxygen atoms in total. The van der Waals surface area contributed by atoms with Gasteiger partial charge in [0, 0.05) is 17.1 Å². The van der Waals surface area contributed by atoms with Gasteiger partial charge in [0.2, 0.25) is 5.91 Å². The van der Waals surface area contributed by atoms with Gasteiger partial charge in [-0.1, -0.05) is 48.5 Å². The van der Waals surface area contributed by atoms with Crippen LogP contribution in [-0.4, -0.2) is 28.9 Å². The number of aromatic nitrogens is 1. The molecule has 1 heterocycles. The second-order valence-electron chi connectivity index (χ2n) is 6.49. The number of para-hydroxylation sites is 1. The van der Waals surface area contributed by atoms with Crippen LogP contribution in [-0.2, 0) is 27.4 Å². The highest BCUT2D eigenvalue weighted by molar-refractivity contribution is 5.89. The zero-order valence-corrected chi connectivity index (χ0v) is 16.4. The Morgan fingerprint density at radius 1 is 1.11 bits per heavy atom. The second-order valence-corrected chi connectivity index (χ2v) is 6.49. The lowest BCUT2D eigenvalue weighted by Gasteiger charge is -2.17. The standard InChI is InChI=1S/C21H23N3O3.ClH/c1-14(21(26)27-13-15-7-3-2-4-8-15)24-20(25)18(22)11-16-12-23-19-10-6-5-9-17(16)19;/h2-10,12,14,18,23H,11,13,22H2,1H3,(H,24,25);1H/t14-,18+;/m0./s1. The highest BCUT2D eigenvalue weighted by Gasteiger charge is 2.22. The van der Waals surface area contributed by atoms with E-state index in [2.05, 4.69) is 10.3 Å². The summed E-state index contributed by atoms with van der Waals surface area (Å²) >= 11 is 0. The molecule has 0 aliphatic heterocycles. The van der Waals surface area contributed by atoms with Crippen molar-refractivity contribution in [3.05, 3.63) is 71.9 Å². The molecule has 1 aromatic heterocycles. The fourth-order valence-electron chi connectivity index (χ4n) is 2.86. The number of fused-ring (bicyclic) bond motifs is 1. The van der Waals surface area contributed by atoms with Crippen molar-refractivity contribution in [2.45, 2.75) is 32.0 Å². The normalized spacial score (nSPS) is 12.6. The third kappa shape index (κ3) is 5.34. The lowest BCUT2D eigenvalue weighted by atomic mass is 10.0. The van der Waals surface area contributed by atoms with Crippen molar-refractivity contribution in [2.75, 3.05) is 0 Å². The van der Waals surface area contributed by atoms with Crippen molar-refractivity contribution in [1.29, 1.82) is 0 Å². The van der Waals surface area contributed by atoms with E-state index >= 15 is 0 Å². The molecule has 2 atom stereocenters. The van der Waals surface area contributed by atoms with Crippen LogP contribution in [0.25, 0.3) is 10.9 Å². The number of hydrogen-bond acceptors (Lipinski definition) is 4. The first kappa shape index (κ1) is 21.5. The summed E-state index contributed by atoms with van der Waals surface area (Å²) in [6.07, 6.45) is 2.23. The van der Waals surface area contributed by atoms with E-state index in [-0.39, 0.29) is 24.9 Å². The lowest BCUT2D eigenvalue weighted by Crippen LogP contribution is -2.48. The molecule has 0 aliphatic rings. The zero-order chi connectivity index (χ0) is 19.2. The van der Waals surface area contributed by atoms with Gasteiger partial charge in [0.25, 0.3) is 0 Å². The molecule has 3 aromatic rings. The van der Waals surface area contributed by atoms with E-state index in [9.17, 15) is 9.59 Å². The minimum Gasteiger partial charge on any atom is -0.459 e. The van der Waals surface area contributed by atoms with Crippen LogP contribution in [0.3, 0.4) is 0 Å². The number of nitrogens with two attached hydrogens (primary N) is 1. The summed E-state index contributed by atoms with van der Waals surface area (Å²) in [6, 6.07) is 15.7. The maximum absolute atomic E-state index is 12.3. The van der Waals surface area contributed by atoms with E-state index < -0.39 is 18.1 Å². The molecule has 0 aliphatic carbocycles. The number of carbonyl (C=O) groups is 2. The van der Waals surface area contributed by atoms with E-state index in [1.807, 2.05) is 60.8 Å². The maximum Gasteiger partial charge on any atom is 0.328 e. The Morgan fingerprint density at radius 3 is 2.54 bits per heavy atom. The molecule has 0 saturated heterocycles. The fourth-order valence-corrected chi connectivity index (χ4v) is 2.86. The van der Waals surface area contributed by atoms with Crippen LogP contribution in [0.2, 0.25) is 0 Å². The van der Waals surface area contributed by atoms with Crippen LogP contribution in [0, 0.1) is 0 Å². The Hall–Kier alpha value is -2.83. The van der Waals surface area contributed by atoms with E-state index in [4.69, 9.17) is 10.5 Å². The van der Waals surface area contributed by atoms with Crippen LogP contribution in [0.1, 0.15) is 18.1 Å². The lowest BCUT2D eigenvalue weighted by molar-refractivity contribution is -0.148. The fraction of sp³-hybridized carbons (Fsp3) is 0.238. The number of esters is 1. The largest absolute Gasteiger partial charge is 0.459 e. The molecular weight excluding hydrogens is 378 g/mol. The van der Waals surface area contributed by atoms with Crippen molar-refractivity contribution in [1.82, 2.24) is 10.3 Å². The first-order chi connectivity index (χ1) is 13.0. The van der Waals surface area contributed by atoms with Crippen molar-refractivity contribution >= 4 is 35.2 Å². The summed E-state index contributed by atoms with van der Waals surface area (Å²) in [6.45, 7) is 1.75. The number of rotatable bonds is 7. The number of H-pyrrole nitrogens is 1. The van der Waals surface area contributed by atoms with Crippen LogP contribution < -0.4 is 11.1 Å². The summed E-state index contributed by atoms with van der Waals surface area (Å²) in [7, 11) is 0. The average molecular weight is 402 g/mol. The quantitative estimate of drug-likeness (QED) is 0.530. The molecule has 0 spiro atoms. The minimum absolute atomic E-state index is 0. The van der Waals surface area contributed by atoms with Crippen molar-refractivity contribution in [2.24, 2.45) is 5.73 Å². The minimum atomic E-state index is -0.768. The number of amides is 1. The smallest absolute Gasteiger partial charge is 0.328 e. The molecule has 0 saturated carbocycles. The topological polar surface area (TPSA) is 97.2 Å². The molecule has 3 rings (SSSR count). The average Bonchev–Trinajstić information content (AvgIpc) is 3.09. The number of ether oxygens (including phenoxy) is 1. The predicted molar refractivity (Wildman–Crippen MR) is 111 cm³/mol. The maximum atomic E-state index is 12.3. The monoisotopic (exact) mass is 401 g/mol. The van der Waals surface area contributed by atoms with Gasteiger partial charge in [-0.05, 0) is 30.5 Å². The van der Waals surface area contributed by atoms with Crippen molar-refractivity contribution in [3.63, 3.8) is 0 Å². The van der Waals surface area contributed by atoms with E-state index in [1.54, 1.807) is 6.92 Å². The Morgan fingerprint density at radius 2 is 1.79 bits per heavy atom. The van der Waals surface area contributed by atoms with Crippen LogP contribution >= 0.6 is 12.4 Å². The highest BCUT2D eigenvalue weighted by Crippen LogP contribution is 2.18. The summed E-state index contributed by atoms with van der Waals surface area (Å²) < 4.78 is 5.23. The van der Waals surface area contributed by atoms with E-state index in [0.717, 1.165) is 22.0 Å². The molecule has 7 heteroatoms. The van der Waals surface area contributed by atoms with Gasteiger partial charge in [-0.2, -0.15) is 0 Å². The molecule has 148 valence electrons. The van der Waals surface area contributed by atoms with Gasteiger partial charge in [0.1, 0.15) is 12.6 Å². The second kappa shape index (κ2) is 9.92. The van der Waals surface area contributed by atoms with Crippen molar-refractivity contribution in [3.8, 4) is 0 Å². The number of benzene rings is 2. The van der Waals surface area contributed by atoms with Crippen LogP contribution in [0.4, 0.5) is 0 Å². The SMILES string of the molecule is C[C@H](NC(=O)[C@H](N)Cc1c[nH]c2ccccc12)C(=O)OCc1ccccc1.Cl. The zero-order valence-electron chi connectivity index (χ0n) is 15.6. The third-order valence-electron chi connectivity index (χ3n) is 4.39.